The van der Waals surface area contributed by atoms with Gasteiger partial charge < -0.3 is 10.1 Å². The van der Waals surface area contributed by atoms with Gasteiger partial charge in [0, 0.05) is 5.69 Å². The number of fused-ring (bicyclic) bond motifs is 5. The third kappa shape index (κ3) is 3.10. The summed E-state index contributed by atoms with van der Waals surface area (Å²) in [5.74, 6) is -2.35. The maximum atomic E-state index is 12.6. The second kappa shape index (κ2) is 6.89. The molecular formula is C21H22N2O5. The van der Waals surface area contributed by atoms with E-state index in [0.29, 0.717) is 5.69 Å². The van der Waals surface area contributed by atoms with E-state index in [0.717, 1.165) is 22.4 Å². The van der Waals surface area contributed by atoms with E-state index in [2.05, 4.69) is 5.32 Å². The normalized spacial score (nSPS) is 27.3. The van der Waals surface area contributed by atoms with E-state index in [9.17, 15) is 19.2 Å². The lowest BCUT2D eigenvalue weighted by atomic mass is 9.85. The molecule has 1 saturated carbocycles. The zero-order valence-corrected chi connectivity index (χ0v) is 15.8. The number of hydrogen-bond donors (Lipinski definition) is 1. The molecule has 1 heterocycles. The first-order valence-corrected chi connectivity index (χ1v) is 9.41. The Bertz CT molecular complexity index is 876. The molecular weight excluding hydrogens is 360 g/mol. The Labute approximate surface area is 162 Å². The molecule has 0 aromatic heterocycles. The monoisotopic (exact) mass is 382 g/mol. The van der Waals surface area contributed by atoms with Gasteiger partial charge in [0.1, 0.15) is 6.54 Å². The summed E-state index contributed by atoms with van der Waals surface area (Å²) in [6.45, 7) is 2.91. The molecule has 2 bridgehead atoms. The van der Waals surface area contributed by atoms with Crippen molar-refractivity contribution in [3.05, 3.63) is 41.5 Å². The number of carbonyl (C=O) groups excluding carboxylic acids is 4. The Kier molecular flexibility index (Phi) is 4.53. The lowest BCUT2D eigenvalue weighted by molar-refractivity contribution is -0.154. The molecule has 0 radical (unpaired) electrons. The molecule has 2 fully saturated rings. The SMILES string of the molecule is Cc1ccc(NC(=O)COC(=O)CN2C(=O)[C@@H]3[C@H](C2=O)[C@H]2C=C[C@H]3C2)c(C)c1. The van der Waals surface area contributed by atoms with Gasteiger partial charge in [0.25, 0.3) is 5.91 Å². The van der Waals surface area contributed by atoms with Gasteiger partial charge in [-0.2, -0.15) is 0 Å². The predicted molar refractivity (Wildman–Crippen MR) is 99.9 cm³/mol. The van der Waals surface area contributed by atoms with E-state index in [1.165, 1.54) is 0 Å². The molecule has 7 nitrogen and oxygen atoms in total. The van der Waals surface area contributed by atoms with Gasteiger partial charge in [0.05, 0.1) is 11.8 Å². The van der Waals surface area contributed by atoms with E-state index >= 15 is 0 Å². The molecule has 1 aromatic carbocycles. The lowest BCUT2D eigenvalue weighted by Crippen LogP contribution is -2.38. The zero-order chi connectivity index (χ0) is 20.0. The van der Waals surface area contributed by atoms with Crippen LogP contribution in [0.4, 0.5) is 5.69 Å². The highest BCUT2D eigenvalue weighted by atomic mass is 16.5. The van der Waals surface area contributed by atoms with Crippen molar-refractivity contribution in [1.29, 1.82) is 0 Å². The summed E-state index contributed by atoms with van der Waals surface area (Å²) in [6.07, 6.45) is 4.83. The van der Waals surface area contributed by atoms with Crippen molar-refractivity contribution in [2.45, 2.75) is 20.3 Å². The quantitative estimate of drug-likeness (QED) is 0.474. The predicted octanol–water partition coefficient (Wildman–Crippen LogP) is 1.59. The number of ether oxygens (including phenoxy) is 1. The highest BCUT2D eigenvalue weighted by Crippen LogP contribution is 2.52. The Morgan fingerprint density at radius 1 is 1.11 bits per heavy atom. The van der Waals surface area contributed by atoms with Crippen LogP contribution < -0.4 is 5.32 Å². The average molecular weight is 382 g/mol. The minimum absolute atomic E-state index is 0.0935. The van der Waals surface area contributed by atoms with E-state index in [-0.39, 0.29) is 35.5 Å². The lowest BCUT2D eigenvalue weighted by Gasteiger charge is -2.16. The number of nitrogens with zero attached hydrogens (tertiary/aromatic N) is 1. The summed E-state index contributed by atoms with van der Waals surface area (Å²) in [6, 6.07) is 5.59. The number of aryl methyl sites for hydroxylation is 2. The number of rotatable bonds is 5. The first-order chi connectivity index (χ1) is 13.3. The fourth-order valence-corrected chi connectivity index (χ4v) is 4.58. The minimum atomic E-state index is -0.766. The Hall–Kier alpha value is -2.96. The fraction of sp³-hybridized carbons (Fsp3) is 0.429. The molecule has 0 spiro atoms. The maximum Gasteiger partial charge on any atom is 0.326 e. The van der Waals surface area contributed by atoms with E-state index in [1.807, 2.05) is 38.1 Å². The number of amides is 3. The first-order valence-electron chi connectivity index (χ1n) is 9.41. The van der Waals surface area contributed by atoms with Gasteiger partial charge in [-0.3, -0.25) is 24.1 Å². The Balaban J connectivity index is 1.30. The van der Waals surface area contributed by atoms with Crippen molar-refractivity contribution in [2.24, 2.45) is 23.7 Å². The number of allylic oxidation sites excluding steroid dienone is 2. The molecule has 3 aliphatic rings. The van der Waals surface area contributed by atoms with Crippen molar-refractivity contribution in [3.63, 3.8) is 0 Å². The summed E-state index contributed by atoms with van der Waals surface area (Å²) in [4.78, 5) is 50.2. The summed E-state index contributed by atoms with van der Waals surface area (Å²) < 4.78 is 4.98. The van der Waals surface area contributed by atoms with E-state index in [4.69, 9.17) is 4.74 Å². The van der Waals surface area contributed by atoms with Crippen molar-refractivity contribution in [3.8, 4) is 0 Å². The van der Waals surface area contributed by atoms with Crippen LogP contribution in [0.1, 0.15) is 17.5 Å². The molecule has 4 atom stereocenters. The topological polar surface area (TPSA) is 92.8 Å². The van der Waals surface area contributed by atoms with Crippen molar-refractivity contribution in [2.75, 3.05) is 18.5 Å². The third-order valence-electron chi connectivity index (χ3n) is 5.87. The van der Waals surface area contributed by atoms with Gasteiger partial charge in [-0.15, -0.1) is 0 Å². The number of carbonyl (C=O) groups is 4. The van der Waals surface area contributed by atoms with Crippen molar-refractivity contribution >= 4 is 29.4 Å². The van der Waals surface area contributed by atoms with Gasteiger partial charge in [0.2, 0.25) is 11.8 Å². The Morgan fingerprint density at radius 2 is 1.75 bits per heavy atom. The zero-order valence-electron chi connectivity index (χ0n) is 15.8. The van der Waals surface area contributed by atoms with Crippen LogP contribution in [0.5, 0.6) is 0 Å². The van der Waals surface area contributed by atoms with Crippen LogP contribution in [0.25, 0.3) is 0 Å². The summed E-state index contributed by atoms with van der Waals surface area (Å²) >= 11 is 0. The van der Waals surface area contributed by atoms with E-state index < -0.39 is 25.0 Å². The van der Waals surface area contributed by atoms with Gasteiger partial charge in [-0.05, 0) is 43.7 Å². The van der Waals surface area contributed by atoms with Crippen LogP contribution >= 0.6 is 0 Å². The summed E-state index contributed by atoms with van der Waals surface area (Å²) in [5.41, 5.74) is 2.63. The van der Waals surface area contributed by atoms with Crippen LogP contribution in [0.15, 0.2) is 30.4 Å². The number of esters is 1. The third-order valence-corrected chi connectivity index (χ3v) is 5.87. The molecule has 1 N–H and O–H groups in total. The van der Waals surface area contributed by atoms with E-state index in [1.54, 1.807) is 6.07 Å². The standard InChI is InChI=1S/C21H22N2O5/c1-11-3-6-15(12(2)7-11)22-16(24)10-28-17(25)9-23-20(26)18-13-4-5-14(8-13)19(18)21(23)27/h3-7,13-14,18-19H,8-10H2,1-2H3,(H,22,24)/t13-,14-,18-,19+/m0/s1. The summed E-state index contributed by atoms with van der Waals surface area (Å²) in [5, 5.41) is 2.68. The molecule has 2 aliphatic carbocycles. The van der Waals surface area contributed by atoms with Crippen LogP contribution in [-0.2, 0) is 23.9 Å². The van der Waals surface area contributed by atoms with Gasteiger partial charge >= 0.3 is 5.97 Å². The number of nitrogens with one attached hydrogen (secondary N) is 1. The number of imide groups is 1. The number of hydrogen-bond acceptors (Lipinski definition) is 5. The van der Waals surface area contributed by atoms with Gasteiger partial charge in [-0.1, -0.05) is 29.8 Å². The van der Waals surface area contributed by atoms with Gasteiger partial charge in [0.15, 0.2) is 6.61 Å². The van der Waals surface area contributed by atoms with Crippen LogP contribution in [0.2, 0.25) is 0 Å². The molecule has 0 unspecified atom stereocenters. The van der Waals surface area contributed by atoms with Crippen molar-refractivity contribution in [1.82, 2.24) is 4.90 Å². The van der Waals surface area contributed by atoms with Crippen molar-refractivity contribution < 1.29 is 23.9 Å². The summed E-state index contributed by atoms with van der Waals surface area (Å²) in [7, 11) is 0. The molecule has 1 saturated heterocycles. The van der Waals surface area contributed by atoms with Crippen LogP contribution in [-0.4, -0.2) is 41.7 Å². The fourth-order valence-electron chi connectivity index (χ4n) is 4.58. The van der Waals surface area contributed by atoms with Crippen LogP contribution in [0.3, 0.4) is 0 Å². The van der Waals surface area contributed by atoms with Gasteiger partial charge in [-0.25, -0.2) is 0 Å². The molecule has 4 rings (SSSR count). The number of likely N-dealkylation sites (tertiary alicyclic amines) is 1. The average Bonchev–Trinajstić information content (AvgIpc) is 3.32. The molecule has 3 amide bonds. The molecule has 1 aromatic rings. The maximum absolute atomic E-state index is 12.6. The van der Waals surface area contributed by atoms with Crippen LogP contribution in [0, 0.1) is 37.5 Å². The molecule has 7 heteroatoms. The highest BCUT2D eigenvalue weighted by Gasteiger charge is 2.59. The molecule has 146 valence electrons. The Morgan fingerprint density at radius 3 is 2.36 bits per heavy atom. The molecule has 28 heavy (non-hydrogen) atoms. The highest BCUT2D eigenvalue weighted by molar-refractivity contribution is 6.08. The smallest absolute Gasteiger partial charge is 0.326 e. The minimum Gasteiger partial charge on any atom is -0.454 e. The molecule has 1 aliphatic heterocycles. The largest absolute Gasteiger partial charge is 0.454 e. The second-order valence-electron chi connectivity index (χ2n) is 7.79. The number of anilines is 1. The number of benzene rings is 1. The second-order valence-corrected chi connectivity index (χ2v) is 7.79. The first kappa shape index (κ1) is 18.4.